The SMILES string of the molecule is Oc1cc([C@@H]2CCc3c(O)cccc3O2)cc(O)c1O. The van der Waals surface area contributed by atoms with E-state index in [1.54, 1.807) is 18.2 Å². The van der Waals surface area contributed by atoms with E-state index in [-0.39, 0.29) is 23.4 Å². The lowest BCUT2D eigenvalue weighted by Gasteiger charge is -2.27. The van der Waals surface area contributed by atoms with E-state index in [0.717, 1.165) is 5.56 Å². The molecule has 2 aromatic carbocycles. The summed E-state index contributed by atoms with van der Waals surface area (Å²) in [7, 11) is 0. The van der Waals surface area contributed by atoms with E-state index in [1.807, 2.05) is 0 Å². The maximum absolute atomic E-state index is 9.74. The van der Waals surface area contributed by atoms with Gasteiger partial charge in [-0.05, 0) is 42.7 Å². The predicted molar refractivity (Wildman–Crippen MR) is 71.2 cm³/mol. The Kier molecular flexibility index (Phi) is 2.82. The molecule has 0 radical (unpaired) electrons. The van der Waals surface area contributed by atoms with Crippen molar-refractivity contribution in [2.75, 3.05) is 0 Å². The third-order valence-electron chi connectivity index (χ3n) is 3.50. The molecule has 0 spiro atoms. The van der Waals surface area contributed by atoms with Gasteiger partial charge < -0.3 is 25.2 Å². The monoisotopic (exact) mass is 274 g/mol. The highest BCUT2D eigenvalue weighted by atomic mass is 16.5. The van der Waals surface area contributed by atoms with Gasteiger partial charge in [0.25, 0.3) is 0 Å². The van der Waals surface area contributed by atoms with Crippen LogP contribution in [0.25, 0.3) is 0 Å². The summed E-state index contributed by atoms with van der Waals surface area (Å²) in [6.07, 6.45) is 0.894. The Labute approximate surface area is 115 Å². The largest absolute Gasteiger partial charge is 0.508 e. The van der Waals surface area contributed by atoms with Crippen molar-refractivity contribution in [3.05, 3.63) is 41.5 Å². The Hall–Kier alpha value is -2.56. The molecule has 4 N–H and O–H groups in total. The van der Waals surface area contributed by atoms with Crippen LogP contribution >= 0.6 is 0 Å². The van der Waals surface area contributed by atoms with Crippen molar-refractivity contribution in [3.63, 3.8) is 0 Å². The molecule has 2 aromatic rings. The molecular weight excluding hydrogens is 260 g/mol. The molecular formula is C15H14O5. The molecule has 0 unspecified atom stereocenters. The standard InChI is InChI=1S/C15H14O5/c16-10-2-1-3-14-9(10)4-5-13(20-14)8-6-11(17)15(19)12(18)7-8/h1-3,6-7,13,16-19H,4-5H2/t13-/m0/s1. The number of fused-ring (bicyclic) bond motifs is 1. The molecule has 1 atom stereocenters. The maximum atomic E-state index is 9.74. The van der Waals surface area contributed by atoms with Crippen LogP contribution in [0.2, 0.25) is 0 Å². The Morgan fingerprint density at radius 1 is 0.950 bits per heavy atom. The van der Waals surface area contributed by atoms with Crippen molar-refractivity contribution in [1.82, 2.24) is 0 Å². The fourth-order valence-corrected chi connectivity index (χ4v) is 2.45. The minimum atomic E-state index is -0.539. The molecule has 0 amide bonds. The summed E-state index contributed by atoms with van der Waals surface area (Å²) >= 11 is 0. The van der Waals surface area contributed by atoms with E-state index in [2.05, 4.69) is 0 Å². The van der Waals surface area contributed by atoms with E-state index in [0.29, 0.717) is 24.2 Å². The minimum absolute atomic E-state index is 0.206. The highest BCUT2D eigenvalue weighted by Crippen LogP contribution is 2.42. The minimum Gasteiger partial charge on any atom is -0.508 e. The number of phenols is 4. The first-order valence-electron chi connectivity index (χ1n) is 6.28. The summed E-state index contributed by atoms with van der Waals surface area (Å²) in [4.78, 5) is 0. The Balaban J connectivity index is 1.94. The topological polar surface area (TPSA) is 90.2 Å². The lowest BCUT2D eigenvalue weighted by Crippen LogP contribution is -2.15. The molecule has 0 bridgehead atoms. The van der Waals surface area contributed by atoms with Crippen LogP contribution in [0.4, 0.5) is 0 Å². The van der Waals surface area contributed by atoms with Crippen molar-refractivity contribution >= 4 is 0 Å². The average molecular weight is 274 g/mol. The summed E-state index contributed by atoms with van der Waals surface area (Å²) < 4.78 is 5.78. The Bertz CT molecular complexity index is 642. The molecule has 1 aliphatic rings. The predicted octanol–water partition coefficient (Wildman–Crippen LogP) is 2.58. The third kappa shape index (κ3) is 1.97. The van der Waals surface area contributed by atoms with Gasteiger partial charge in [-0.3, -0.25) is 0 Å². The first kappa shape index (κ1) is 12.5. The molecule has 0 aromatic heterocycles. The number of hydrogen-bond acceptors (Lipinski definition) is 5. The van der Waals surface area contributed by atoms with Crippen molar-refractivity contribution < 1.29 is 25.2 Å². The zero-order valence-electron chi connectivity index (χ0n) is 10.6. The normalized spacial score (nSPS) is 17.3. The molecule has 5 nitrogen and oxygen atoms in total. The van der Waals surface area contributed by atoms with Crippen LogP contribution in [0.15, 0.2) is 30.3 Å². The summed E-state index contributed by atoms with van der Waals surface area (Å²) in [6, 6.07) is 7.81. The van der Waals surface area contributed by atoms with Gasteiger partial charge in [-0.25, -0.2) is 0 Å². The maximum Gasteiger partial charge on any atom is 0.200 e. The highest BCUT2D eigenvalue weighted by Gasteiger charge is 2.24. The van der Waals surface area contributed by atoms with E-state index in [4.69, 9.17) is 4.74 Å². The lowest BCUT2D eigenvalue weighted by atomic mass is 9.96. The van der Waals surface area contributed by atoms with Crippen LogP contribution in [-0.4, -0.2) is 20.4 Å². The first-order valence-corrected chi connectivity index (χ1v) is 6.28. The van der Waals surface area contributed by atoms with E-state index >= 15 is 0 Å². The third-order valence-corrected chi connectivity index (χ3v) is 3.50. The molecule has 1 aliphatic heterocycles. The number of ether oxygens (including phenoxy) is 1. The zero-order chi connectivity index (χ0) is 14.3. The van der Waals surface area contributed by atoms with Crippen LogP contribution in [-0.2, 0) is 6.42 Å². The zero-order valence-corrected chi connectivity index (χ0v) is 10.6. The fraction of sp³-hybridized carbons (Fsp3) is 0.200. The van der Waals surface area contributed by atoms with Gasteiger partial charge >= 0.3 is 0 Å². The van der Waals surface area contributed by atoms with Crippen LogP contribution in [0.3, 0.4) is 0 Å². The van der Waals surface area contributed by atoms with E-state index in [1.165, 1.54) is 12.1 Å². The molecule has 20 heavy (non-hydrogen) atoms. The quantitative estimate of drug-likeness (QED) is 0.600. The van der Waals surface area contributed by atoms with E-state index in [9.17, 15) is 20.4 Å². The van der Waals surface area contributed by atoms with Crippen molar-refractivity contribution in [2.24, 2.45) is 0 Å². The first-order chi connectivity index (χ1) is 9.56. The second-order valence-electron chi connectivity index (χ2n) is 4.81. The Morgan fingerprint density at radius 2 is 1.65 bits per heavy atom. The number of hydrogen-bond donors (Lipinski definition) is 4. The van der Waals surface area contributed by atoms with Crippen molar-refractivity contribution in [1.29, 1.82) is 0 Å². The van der Waals surface area contributed by atoms with Crippen molar-refractivity contribution in [3.8, 4) is 28.7 Å². The van der Waals surface area contributed by atoms with E-state index < -0.39 is 5.75 Å². The van der Waals surface area contributed by atoms with Gasteiger partial charge in [-0.1, -0.05) is 6.07 Å². The van der Waals surface area contributed by atoms with Gasteiger partial charge in [-0.2, -0.15) is 0 Å². The molecule has 1 heterocycles. The van der Waals surface area contributed by atoms with Gasteiger partial charge in [0.1, 0.15) is 17.6 Å². The number of aromatic hydroxyl groups is 4. The van der Waals surface area contributed by atoms with Crippen LogP contribution < -0.4 is 4.74 Å². The Morgan fingerprint density at radius 3 is 2.35 bits per heavy atom. The summed E-state index contributed by atoms with van der Waals surface area (Å²) in [6.45, 7) is 0. The summed E-state index contributed by atoms with van der Waals surface area (Å²) in [5.74, 6) is -0.510. The molecule has 0 saturated heterocycles. The smallest absolute Gasteiger partial charge is 0.200 e. The average Bonchev–Trinajstić information content (AvgIpc) is 2.44. The van der Waals surface area contributed by atoms with Gasteiger partial charge in [0.05, 0.1) is 0 Å². The van der Waals surface area contributed by atoms with Gasteiger partial charge in [0.2, 0.25) is 0 Å². The number of rotatable bonds is 1. The summed E-state index contributed by atoms with van der Waals surface area (Å²) in [5.41, 5.74) is 1.34. The van der Waals surface area contributed by atoms with Gasteiger partial charge in [0, 0.05) is 5.56 Å². The lowest BCUT2D eigenvalue weighted by molar-refractivity contribution is 0.174. The molecule has 5 heteroatoms. The highest BCUT2D eigenvalue weighted by molar-refractivity contribution is 5.52. The van der Waals surface area contributed by atoms with Gasteiger partial charge in [-0.15, -0.1) is 0 Å². The summed E-state index contributed by atoms with van der Waals surface area (Å²) in [5, 5.41) is 38.2. The molecule has 104 valence electrons. The number of benzene rings is 2. The van der Waals surface area contributed by atoms with Crippen LogP contribution in [0.5, 0.6) is 28.7 Å². The second-order valence-corrected chi connectivity index (χ2v) is 4.81. The molecule has 0 saturated carbocycles. The molecule has 3 rings (SSSR count). The van der Waals surface area contributed by atoms with Crippen molar-refractivity contribution in [2.45, 2.75) is 18.9 Å². The van der Waals surface area contributed by atoms with Crippen LogP contribution in [0, 0.1) is 0 Å². The van der Waals surface area contributed by atoms with Crippen LogP contribution in [0.1, 0.15) is 23.7 Å². The fourth-order valence-electron chi connectivity index (χ4n) is 2.45. The van der Waals surface area contributed by atoms with Gasteiger partial charge in [0.15, 0.2) is 17.2 Å². The molecule has 0 fully saturated rings. The number of phenolic OH excluding ortho intramolecular Hbond substituents is 4. The second kappa shape index (κ2) is 4.52. The molecule has 0 aliphatic carbocycles.